The Morgan fingerprint density at radius 2 is 1.90 bits per heavy atom. The minimum absolute atomic E-state index is 0.600. The number of ether oxygens (including phenoxy) is 2. The van der Waals surface area contributed by atoms with Gasteiger partial charge in [-0.2, -0.15) is 5.10 Å². The van der Waals surface area contributed by atoms with Crippen molar-refractivity contribution in [3.63, 3.8) is 0 Å². The largest absolute Gasteiger partial charge is 0.493 e. The second kappa shape index (κ2) is 5.96. The maximum atomic E-state index is 10.5. The summed E-state index contributed by atoms with van der Waals surface area (Å²) in [4.78, 5) is 0. The van der Waals surface area contributed by atoms with E-state index in [2.05, 4.69) is 5.10 Å². The molecule has 108 valence electrons. The van der Waals surface area contributed by atoms with Crippen molar-refractivity contribution in [1.82, 2.24) is 9.78 Å². The molecule has 1 aromatic heterocycles. The van der Waals surface area contributed by atoms with Gasteiger partial charge in [-0.05, 0) is 37.6 Å². The minimum atomic E-state index is -0.740. The highest BCUT2D eigenvalue weighted by Crippen LogP contribution is 2.32. The van der Waals surface area contributed by atoms with Gasteiger partial charge in [0.15, 0.2) is 11.5 Å². The molecule has 1 N–H and O–H groups in total. The Morgan fingerprint density at radius 3 is 2.50 bits per heavy atom. The Bertz CT molecular complexity index is 593. The maximum absolute atomic E-state index is 10.5. The first-order chi connectivity index (χ1) is 9.60. The summed E-state index contributed by atoms with van der Waals surface area (Å²) in [7, 11) is 3.16. The summed E-state index contributed by atoms with van der Waals surface area (Å²) < 4.78 is 12.3. The molecule has 0 amide bonds. The summed E-state index contributed by atoms with van der Waals surface area (Å²) in [5, 5.41) is 14.9. The lowest BCUT2D eigenvalue weighted by molar-refractivity contribution is 0.207. The smallest absolute Gasteiger partial charge is 0.161 e. The Balaban J connectivity index is 2.39. The van der Waals surface area contributed by atoms with Crippen LogP contribution < -0.4 is 9.47 Å². The SMILES string of the molecule is CCn1nc(C)cc1C(O)c1ccc(OC)c(OC)c1. The standard InChI is InChI=1S/C15H20N2O3/c1-5-17-12(8-10(2)16-17)15(18)11-6-7-13(19-3)14(9-11)20-4/h6-9,15,18H,5H2,1-4H3. The van der Waals surface area contributed by atoms with Crippen molar-refractivity contribution in [2.75, 3.05) is 14.2 Å². The van der Waals surface area contributed by atoms with E-state index in [1.807, 2.05) is 26.0 Å². The second-order valence-corrected chi connectivity index (χ2v) is 4.54. The predicted octanol–water partition coefficient (Wildman–Crippen LogP) is 2.31. The molecule has 0 saturated carbocycles. The summed E-state index contributed by atoms with van der Waals surface area (Å²) in [5.74, 6) is 1.24. The first-order valence-corrected chi connectivity index (χ1v) is 6.55. The molecule has 0 fully saturated rings. The van der Waals surface area contributed by atoms with E-state index in [0.717, 1.165) is 17.0 Å². The second-order valence-electron chi connectivity index (χ2n) is 4.54. The molecule has 1 heterocycles. The van der Waals surface area contributed by atoms with Crippen LogP contribution in [0.25, 0.3) is 0 Å². The number of aliphatic hydroxyl groups excluding tert-OH is 1. The molecule has 2 aromatic rings. The molecule has 1 unspecified atom stereocenters. The molecule has 5 nitrogen and oxygen atoms in total. The lowest BCUT2D eigenvalue weighted by atomic mass is 10.1. The van der Waals surface area contributed by atoms with Crippen LogP contribution in [0.15, 0.2) is 24.3 Å². The van der Waals surface area contributed by atoms with Crippen molar-refractivity contribution >= 4 is 0 Å². The van der Waals surface area contributed by atoms with Crippen molar-refractivity contribution in [3.05, 3.63) is 41.2 Å². The fourth-order valence-electron chi connectivity index (χ4n) is 2.23. The van der Waals surface area contributed by atoms with Crippen molar-refractivity contribution in [2.45, 2.75) is 26.5 Å². The van der Waals surface area contributed by atoms with Gasteiger partial charge in [0.2, 0.25) is 0 Å². The van der Waals surface area contributed by atoms with Gasteiger partial charge >= 0.3 is 0 Å². The fraction of sp³-hybridized carbons (Fsp3) is 0.400. The zero-order valence-corrected chi connectivity index (χ0v) is 12.3. The number of methoxy groups -OCH3 is 2. The normalized spacial score (nSPS) is 12.2. The molecule has 20 heavy (non-hydrogen) atoms. The quantitative estimate of drug-likeness (QED) is 0.910. The first-order valence-electron chi connectivity index (χ1n) is 6.55. The molecule has 0 aliphatic carbocycles. The fourth-order valence-corrected chi connectivity index (χ4v) is 2.23. The Hall–Kier alpha value is -2.01. The van der Waals surface area contributed by atoms with E-state index < -0.39 is 6.10 Å². The molecule has 5 heteroatoms. The number of aliphatic hydroxyl groups is 1. The number of aryl methyl sites for hydroxylation is 2. The van der Waals surface area contributed by atoms with Crippen LogP contribution in [-0.2, 0) is 6.54 Å². The average molecular weight is 276 g/mol. The van der Waals surface area contributed by atoms with Gasteiger partial charge < -0.3 is 14.6 Å². The van der Waals surface area contributed by atoms with Crippen LogP contribution in [0.3, 0.4) is 0 Å². The number of hydrogen-bond acceptors (Lipinski definition) is 4. The third kappa shape index (κ3) is 2.63. The van der Waals surface area contributed by atoms with Gasteiger partial charge in [-0.15, -0.1) is 0 Å². The van der Waals surface area contributed by atoms with Gasteiger partial charge in [0.1, 0.15) is 6.10 Å². The van der Waals surface area contributed by atoms with Crippen LogP contribution in [0.5, 0.6) is 11.5 Å². The van der Waals surface area contributed by atoms with Crippen LogP contribution in [0.4, 0.5) is 0 Å². The Kier molecular flexibility index (Phi) is 4.29. The number of aromatic nitrogens is 2. The molecule has 0 radical (unpaired) electrons. The first kappa shape index (κ1) is 14.4. The molecule has 0 aliphatic rings. The number of benzene rings is 1. The molecule has 0 spiro atoms. The van der Waals surface area contributed by atoms with Crippen LogP contribution in [0.1, 0.15) is 30.0 Å². The molecule has 1 atom stereocenters. The molecule has 1 aromatic carbocycles. The molecule has 0 bridgehead atoms. The van der Waals surface area contributed by atoms with Gasteiger partial charge in [-0.3, -0.25) is 4.68 Å². The van der Waals surface area contributed by atoms with E-state index in [-0.39, 0.29) is 0 Å². The topological polar surface area (TPSA) is 56.5 Å². The third-order valence-corrected chi connectivity index (χ3v) is 3.24. The van der Waals surface area contributed by atoms with Crippen LogP contribution >= 0.6 is 0 Å². The van der Waals surface area contributed by atoms with E-state index >= 15 is 0 Å². The van der Waals surface area contributed by atoms with Gasteiger partial charge in [0, 0.05) is 6.54 Å². The van der Waals surface area contributed by atoms with E-state index in [1.54, 1.807) is 31.0 Å². The zero-order chi connectivity index (χ0) is 14.7. The third-order valence-electron chi connectivity index (χ3n) is 3.24. The van der Waals surface area contributed by atoms with Crippen LogP contribution in [0.2, 0.25) is 0 Å². The van der Waals surface area contributed by atoms with E-state index in [1.165, 1.54) is 0 Å². The zero-order valence-electron chi connectivity index (χ0n) is 12.3. The molecular weight excluding hydrogens is 256 g/mol. The Labute approximate surface area is 118 Å². The van der Waals surface area contributed by atoms with Crippen molar-refractivity contribution < 1.29 is 14.6 Å². The lowest BCUT2D eigenvalue weighted by Crippen LogP contribution is -2.09. The van der Waals surface area contributed by atoms with Crippen molar-refractivity contribution in [1.29, 1.82) is 0 Å². The van der Waals surface area contributed by atoms with Crippen molar-refractivity contribution in [2.24, 2.45) is 0 Å². The van der Waals surface area contributed by atoms with Crippen molar-refractivity contribution in [3.8, 4) is 11.5 Å². The van der Waals surface area contributed by atoms with Gasteiger partial charge in [0.05, 0.1) is 25.6 Å². The minimum Gasteiger partial charge on any atom is -0.493 e. The summed E-state index contributed by atoms with van der Waals surface area (Å²) in [5.41, 5.74) is 2.41. The highest BCUT2D eigenvalue weighted by atomic mass is 16.5. The van der Waals surface area contributed by atoms with E-state index in [0.29, 0.717) is 18.0 Å². The molecule has 2 rings (SSSR count). The van der Waals surface area contributed by atoms with Crippen LogP contribution in [-0.4, -0.2) is 29.1 Å². The van der Waals surface area contributed by atoms with Crippen LogP contribution in [0, 0.1) is 6.92 Å². The van der Waals surface area contributed by atoms with E-state index in [4.69, 9.17) is 9.47 Å². The number of rotatable bonds is 5. The highest BCUT2D eigenvalue weighted by molar-refractivity contribution is 5.44. The van der Waals surface area contributed by atoms with Gasteiger partial charge in [-0.1, -0.05) is 6.07 Å². The molecule has 0 saturated heterocycles. The molecule has 0 aliphatic heterocycles. The van der Waals surface area contributed by atoms with Gasteiger partial charge in [0.25, 0.3) is 0 Å². The highest BCUT2D eigenvalue weighted by Gasteiger charge is 2.18. The monoisotopic (exact) mass is 276 g/mol. The number of nitrogens with zero attached hydrogens (tertiary/aromatic N) is 2. The molecular formula is C15H20N2O3. The maximum Gasteiger partial charge on any atom is 0.161 e. The number of hydrogen-bond donors (Lipinski definition) is 1. The summed E-state index contributed by atoms with van der Waals surface area (Å²) in [6, 6.07) is 7.29. The predicted molar refractivity (Wildman–Crippen MR) is 76.2 cm³/mol. The van der Waals surface area contributed by atoms with E-state index in [9.17, 15) is 5.11 Å². The summed E-state index contributed by atoms with van der Waals surface area (Å²) >= 11 is 0. The van der Waals surface area contributed by atoms with Gasteiger partial charge in [-0.25, -0.2) is 0 Å². The summed E-state index contributed by atoms with van der Waals surface area (Å²) in [6.07, 6.45) is -0.740. The summed E-state index contributed by atoms with van der Waals surface area (Å²) in [6.45, 7) is 4.63. The Morgan fingerprint density at radius 1 is 1.20 bits per heavy atom. The average Bonchev–Trinajstić information content (AvgIpc) is 2.86. The lowest BCUT2D eigenvalue weighted by Gasteiger charge is -2.15.